The van der Waals surface area contributed by atoms with Crippen molar-refractivity contribution < 1.29 is 13.2 Å². The Morgan fingerprint density at radius 1 is 1.43 bits per heavy atom. The fourth-order valence-corrected chi connectivity index (χ4v) is 0.920. The van der Waals surface area contributed by atoms with E-state index in [4.69, 9.17) is 17.4 Å². The molecule has 0 unspecified atom stereocenters. The minimum Gasteiger partial charge on any atom is -0.307 e. The van der Waals surface area contributed by atoms with Crippen LogP contribution in [-0.4, -0.2) is 4.98 Å². The molecule has 0 spiro atoms. The maximum absolute atomic E-state index is 12.1. The van der Waals surface area contributed by atoms with Gasteiger partial charge in [-0.1, -0.05) is 11.6 Å². The summed E-state index contributed by atoms with van der Waals surface area (Å²) >= 11 is 5.43. The van der Waals surface area contributed by atoms with Gasteiger partial charge in [0, 0.05) is 6.20 Å². The summed E-state index contributed by atoms with van der Waals surface area (Å²) in [6.45, 7) is 0. The quantitative estimate of drug-likeness (QED) is 0.592. The third-order valence-electron chi connectivity index (χ3n) is 1.31. The van der Waals surface area contributed by atoms with Crippen molar-refractivity contribution in [2.75, 3.05) is 5.43 Å². The van der Waals surface area contributed by atoms with Crippen molar-refractivity contribution in [1.29, 1.82) is 0 Å². The fraction of sp³-hybridized carbons (Fsp3) is 0.167. The van der Waals surface area contributed by atoms with Crippen molar-refractivity contribution >= 4 is 29.8 Å². The number of hydrogen-bond acceptors (Lipinski definition) is 3. The van der Waals surface area contributed by atoms with Crippen LogP contribution in [0.5, 0.6) is 0 Å². The lowest BCUT2D eigenvalue weighted by molar-refractivity contribution is -0.137. The molecule has 0 bridgehead atoms. The van der Waals surface area contributed by atoms with E-state index in [0.717, 1.165) is 6.07 Å². The van der Waals surface area contributed by atoms with E-state index in [9.17, 15) is 13.2 Å². The number of nitrogens with zero attached hydrogens (tertiary/aromatic N) is 1. The van der Waals surface area contributed by atoms with Gasteiger partial charge in [0.05, 0.1) is 10.6 Å². The zero-order valence-corrected chi connectivity index (χ0v) is 8.17. The molecule has 3 nitrogen and oxygen atoms in total. The minimum atomic E-state index is -4.44. The van der Waals surface area contributed by atoms with Crippen LogP contribution in [0.3, 0.4) is 0 Å². The van der Waals surface area contributed by atoms with E-state index in [0.29, 0.717) is 6.20 Å². The van der Waals surface area contributed by atoms with Gasteiger partial charge in [-0.2, -0.15) is 13.2 Å². The molecular formula is C6H6Cl2F3N3. The normalized spacial score (nSPS) is 10.6. The molecule has 0 aromatic carbocycles. The van der Waals surface area contributed by atoms with E-state index in [1.54, 1.807) is 0 Å². The maximum atomic E-state index is 12.1. The van der Waals surface area contributed by atoms with E-state index >= 15 is 0 Å². The number of alkyl halides is 3. The molecule has 0 amide bonds. The number of aromatic nitrogens is 1. The number of nitrogens with one attached hydrogen (secondary N) is 1. The summed E-state index contributed by atoms with van der Waals surface area (Å²) in [6, 6.07) is 0.754. The second kappa shape index (κ2) is 4.68. The first-order valence-electron chi connectivity index (χ1n) is 3.14. The minimum absolute atomic E-state index is 0. The molecule has 1 rings (SSSR count). The monoisotopic (exact) mass is 247 g/mol. The number of rotatable bonds is 1. The van der Waals surface area contributed by atoms with Crippen molar-refractivity contribution in [2.24, 2.45) is 5.84 Å². The Kier molecular flexibility index (Phi) is 4.44. The molecule has 1 aromatic heterocycles. The van der Waals surface area contributed by atoms with E-state index in [1.807, 2.05) is 0 Å². The van der Waals surface area contributed by atoms with E-state index in [1.165, 1.54) is 0 Å². The van der Waals surface area contributed by atoms with Crippen molar-refractivity contribution in [2.45, 2.75) is 6.18 Å². The van der Waals surface area contributed by atoms with Crippen molar-refractivity contribution in [3.63, 3.8) is 0 Å². The van der Waals surface area contributed by atoms with Crippen molar-refractivity contribution in [3.05, 3.63) is 22.8 Å². The highest BCUT2D eigenvalue weighted by Crippen LogP contribution is 2.31. The molecule has 0 radical (unpaired) electrons. The Morgan fingerprint density at radius 2 is 2.00 bits per heavy atom. The van der Waals surface area contributed by atoms with Crippen LogP contribution in [0.15, 0.2) is 12.3 Å². The largest absolute Gasteiger partial charge is 0.417 e. The molecule has 0 saturated heterocycles. The Balaban J connectivity index is 0.00000169. The summed E-state index contributed by atoms with van der Waals surface area (Å²) in [7, 11) is 0. The molecule has 0 atom stereocenters. The van der Waals surface area contributed by atoms with Crippen LogP contribution < -0.4 is 11.3 Å². The number of halogens is 5. The van der Waals surface area contributed by atoms with Crippen LogP contribution in [-0.2, 0) is 6.18 Å². The van der Waals surface area contributed by atoms with Crippen molar-refractivity contribution in [1.82, 2.24) is 4.98 Å². The highest BCUT2D eigenvalue weighted by molar-refractivity contribution is 6.32. The van der Waals surface area contributed by atoms with Crippen LogP contribution in [0.1, 0.15) is 5.56 Å². The van der Waals surface area contributed by atoms with Crippen LogP contribution >= 0.6 is 24.0 Å². The fourth-order valence-electron chi connectivity index (χ4n) is 0.699. The zero-order valence-electron chi connectivity index (χ0n) is 6.60. The molecule has 0 saturated carbocycles. The molecule has 14 heavy (non-hydrogen) atoms. The SMILES string of the molecule is Cl.NNc1ncc(C(F)(F)F)cc1Cl. The topological polar surface area (TPSA) is 50.9 Å². The zero-order chi connectivity index (χ0) is 10.1. The average molecular weight is 248 g/mol. The molecule has 8 heteroatoms. The smallest absolute Gasteiger partial charge is 0.307 e. The molecule has 0 fully saturated rings. The average Bonchev–Trinajstić information content (AvgIpc) is 2.02. The third kappa shape index (κ3) is 2.90. The second-order valence-corrected chi connectivity index (χ2v) is 2.60. The summed E-state index contributed by atoms with van der Waals surface area (Å²) in [6.07, 6.45) is -3.79. The summed E-state index contributed by atoms with van der Waals surface area (Å²) in [5, 5.41) is -0.169. The maximum Gasteiger partial charge on any atom is 0.417 e. The molecule has 3 N–H and O–H groups in total. The van der Waals surface area contributed by atoms with Gasteiger partial charge >= 0.3 is 6.18 Å². The van der Waals surface area contributed by atoms with Crippen LogP contribution in [0.25, 0.3) is 0 Å². The van der Waals surface area contributed by atoms with Gasteiger partial charge in [0.25, 0.3) is 0 Å². The highest BCUT2D eigenvalue weighted by atomic mass is 35.5. The van der Waals surface area contributed by atoms with Gasteiger partial charge in [-0.3, -0.25) is 0 Å². The molecular weight excluding hydrogens is 242 g/mol. The van der Waals surface area contributed by atoms with Gasteiger partial charge in [-0.25, -0.2) is 10.8 Å². The Morgan fingerprint density at radius 3 is 2.36 bits per heavy atom. The highest BCUT2D eigenvalue weighted by Gasteiger charge is 2.31. The number of pyridine rings is 1. The Hall–Kier alpha value is -0.720. The van der Waals surface area contributed by atoms with E-state index in [2.05, 4.69) is 10.4 Å². The second-order valence-electron chi connectivity index (χ2n) is 2.20. The lowest BCUT2D eigenvalue weighted by Crippen LogP contribution is -2.11. The molecule has 1 heterocycles. The van der Waals surface area contributed by atoms with Crippen LogP contribution in [0.4, 0.5) is 19.0 Å². The lowest BCUT2D eigenvalue weighted by Gasteiger charge is -2.07. The Labute approximate surface area is 88.8 Å². The molecule has 0 aliphatic rings. The molecule has 0 aliphatic carbocycles. The van der Waals surface area contributed by atoms with Gasteiger partial charge < -0.3 is 5.43 Å². The molecule has 80 valence electrons. The number of anilines is 1. The summed E-state index contributed by atoms with van der Waals surface area (Å²) in [4.78, 5) is 3.38. The number of hydrazine groups is 1. The number of nitrogens with two attached hydrogens (primary N) is 1. The lowest BCUT2D eigenvalue weighted by atomic mass is 10.3. The Bertz CT molecular complexity index is 316. The van der Waals surface area contributed by atoms with Gasteiger partial charge in [-0.05, 0) is 6.07 Å². The van der Waals surface area contributed by atoms with Gasteiger partial charge in [0.2, 0.25) is 0 Å². The van der Waals surface area contributed by atoms with Crippen LogP contribution in [0, 0.1) is 0 Å². The standard InChI is InChI=1S/C6H5ClF3N3.ClH/c7-4-1-3(6(8,9)10)2-12-5(4)13-11;/h1-2H,11H2,(H,12,13);1H. The first-order valence-corrected chi connectivity index (χ1v) is 3.52. The molecule has 0 aliphatic heterocycles. The van der Waals surface area contributed by atoms with Crippen LogP contribution in [0.2, 0.25) is 5.02 Å². The predicted molar refractivity (Wildman–Crippen MR) is 49.3 cm³/mol. The first-order chi connectivity index (χ1) is 5.95. The molecule has 1 aromatic rings. The van der Waals surface area contributed by atoms with Crippen molar-refractivity contribution in [3.8, 4) is 0 Å². The van der Waals surface area contributed by atoms with Gasteiger partial charge in [-0.15, -0.1) is 12.4 Å². The summed E-state index contributed by atoms with van der Waals surface area (Å²) < 4.78 is 36.2. The van der Waals surface area contributed by atoms with E-state index in [-0.39, 0.29) is 23.2 Å². The van der Waals surface area contributed by atoms with Gasteiger partial charge in [0.1, 0.15) is 0 Å². The summed E-state index contributed by atoms with van der Waals surface area (Å²) in [5.74, 6) is 4.94. The van der Waals surface area contributed by atoms with Gasteiger partial charge in [0.15, 0.2) is 5.82 Å². The third-order valence-corrected chi connectivity index (χ3v) is 1.59. The summed E-state index contributed by atoms with van der Waals surface area (Å²) in [5.41, 5.74) is 1.16. The predicted octanol–water partition coefficient (Wildman–Crippen LogP) is 2.46. The number of hydrogen-bond donors (Lipinski definition) is 2. The van der Waals surface area contributed by atoms with E-state index < -0.39 is 11.7 Å². The number of nitrogen functional groups attached to an aromatic ring is 1. The first kappa shape index (κ1) is 13.3.